The Balaban J connectivity index is 2.12. The van der Waals surface area contributed by atoms with Crippen molar-refractivity contribution in [1.82, 2.24) is 0 Å². The molecule has 7 heteroatoms. The van der Waals surface area contributed by atoms with Gasteiger partial charge in [-0.2, -0.15) is 0 Å². The van der Waals surface area contributed by atoms with Crippen molar-refractivity contribution in [3.05, 3.63) is 53.1 Å². The average molecular weight is 447 g/mol. The first-order valence-electron chi connectivity index (χ1n) is 10.3. The summed E-state index contributed by atoms with van der Waals surface area (Å²) >= 11 is 0. The lowest BCUT2D eigenvalue weighted by atomic mass is 9.78. The lowest BCUT2D eigenvalue weighted by Gasteiger charge is -2.28. The van der Waals surface area contributed by atoms with E-state index in [0.717, 1.165) is 22.9 Å². The van der Waals surface area contributed by atoms with Crippen molar-refractivity contribution in [1.29, 1.82) is 0 Å². The minimum atomic E-state index is -3.34. The second-order valence-electron chi connectivity index (χ2n) is 10.0. The van der Waals surface area contributed by atoms with Crippen LogP contribution in [-0.2, 0) is 32.1 Å². The third-order valence-corrected chi connectivity index (χ3v) is 5.50. The van der Waals surface area contributed by atoms with Crippen molar-refractivity contribution in [3.8, 4) is 5.75 Å². The van der Waals surface area contributed by atoms with Crippen LogP contribution in [0.5, 0.6) is 5.75 Å². The predicted molar refractivity (Wildman–Crippen MR) is 127 cm³/mol. The van der Waals surface area contributed by atoms with Gasteiger partial charge in [0.1, 0.15) is 5.75 Å². The van der Waals surface area contributed by atoms with Crippen molar-refractivity contribution < 1.29 is 18.3 Å². The van der Waals surface area contributed by atoms with Gasteiger partial charge in [0, 0.05) is 17.8 Å². The highest BCUT2D eigenvalue weighted by Gasteiger charge is 2.26. The van der Waals surface area contributed by atoms with Crippen LogP contribution in [0.2, 0.25) is 0 Å². The molecule has 3 N–H and O–H groups in total. The van der Waals surface area contributed by atoms with Crippen LogP contribution in [-0.4, -0.2) is 25.7 Å². The van der Waals surface area contributed by atoms with E-state index in [4.69, 9.17) is 0 Å². The fraction of sp³-hybridized carbons (Fsp3) is 0.458. The van der Waals surface area contributed by atoms with E-state index in [2.05, 4.69) is 51.6 Å². The lowest BCUT2D eigenvalue weighted by molar-refractivity contribution is -0.116. The maximum Gasteiger partial charge on any atom is 0.229 e. The summed E-state index contributed by atoms with van der Waals surface area (Å²) in [5, 5.41) is 13.7. The first kappa shape index (κ1) is 24.7. The van der Waals surface area contributed by atoms with Crippen molar-refractivity contribution >= 4 is 27.3 Å². The third kappa shape index (κ3) is 7.28. The van der Waals surface area contributed by atoms with Crippen molar-refractivity contribution in [2.75, 3.05) is 16.3 Å². The second kappa shape index (κ2) is 8.91. The Morgan fingerprint density at radius 2 is 1.35 bits per heavy atom. The monoisotopic (exact) mass is 446 g/mol. The summed E-state index contributed by atoms with van der Waals surface area (Å²) in [6.07, 6.45) is 1.93. The Hall–Kier alpha value is -2.54. The molecule has 0 aromatic heterocycles. The molecule has 0 aliphatic heterocycles. The predicted octanol–water partition coefficient (Wildman–Crippen LogP) is 4.93. The van der Waals surface area contributed by atoms with E-state index < -0.39 is 10.0 Å². The molecular formula is C24H34N2O4S. The summed E-state index contributed by atoms with van der Waals surface area (Å²) in [5.41, 5.74) is 3.37. The Bertz CT molecular complexity index is 1010. The Morgan fingerprint density at radius 3 is 1.77 bits per heavy atom. The second-order valence-corrected chi connectivity index (χ2v) is 11.8. The number of hydrogen-bond acceptors (Lipinski definition) is 4. The highest BCUT2D eigenvalue weighted by molar-refractivity contribution is 7.92. The van der Waals surface area contributed by atoms with Gasteiger partial charge in [-0.3, -0.25) is 9.52 Å². The SMILES string of the molecule is CC(C)(C)c1cc(CCC(=O)Nc2ccc(NS(C)(=O)=O)cc2)cc(C(C)(C)C)c1O. The molecule has 0 saturated carbocycles. The molecule has 0 aliphatic carbocycles. The molecule has 170 valence electrons. The molecule has 1 amide bonds. The molecule has 0 saturated heterocycles. The smallest absolute Gasteiger partial charge is 0.229 e. The maximum atomic E-state index is 12.5. The number of anilines is 2. The van der Waals surface area contributed by atoms with E-state index in [1.807, 2.05) is 12.1 Å². The van der Waals surface area contributed by atoms with Gasteiger partial charge in [0.2, 0.25) is 15.9 Å². The molecule has 0 spiro atoms. The molecule has 0 heterocycles. The average Bonchev–Trinajstić information content (AvgIpc) is 2.59. The van der Waals surface area contributed by atoms with Gasteiger partial charge >= 0.3 is 0 Å². The molecule has 0 radical (unpaired) electrons. The summed E-state index contributed by atoms with van der Waals surface area (Å²) in [6, 6.07) is 10.5. The number of sulfonamides is 1. The molecule has 2 aromatic carbocycles. The highest BCUT2D eigenvalue weighted by Crippen LogP contribution is 2.40. The van der Waals surface area contributed by atoms with Gasteiger partial charge in [-0.1, -0.05) is 53.7 Å². The summed E-state index contributed by atoms with van der Waals surface area (Å²) in [6.45, 7) is 12.4. The molecule has 0 unspecified atom stereocenters. The highest BCUT2D eigenvalue weighted by atomic mass is 32.2. The molecule has 6 nitrogen and oxygen atoms in total. The summed E-state index contributed by atoms with van der Waals surface area (Å²) in [4.78, 5) is 12.5. The zero-order chi connectivity index (χ0) is 23.6. The maximum absolute atomic E-state index is 12.5. The standard InChI is InChI=1S/C24H34N2O4S/c1-23(2,3)19-14-16(15-20(22(19)28)24(4,5)6)8-13-21(27)25-17-9-11-18(12-10-17)26-31(7,29)30/h9-12,14-15,26,28H,8,13H2,1-7H3,(H,25,27). The normalized spacial score (nSPS) is 12.5. The van der Waals surface area contributed by atoms with Crippen molar-refractivity contribution in [2.45, 2.75) is 65.2 Å². The van der Waals surface area contributed by atoms with Gasteiger partial charge in [0.15, 0.2) is 0 Å². The van der Waals surface area contributed by atoms with E-state index in [1.54, 1.807) is 24.3 Å². The van der Waals surface area contributed by atoms with E-state index in [1.165, 1.54) is 0 Å². The molecular weight excluding hydrogens is 412 g/mol. The van der Waals surface area contributed by atoms with Crippen LogP contribution in [0.1, 0.15) is 64.7 Å². The minimum absolute atomic E-state index is 0.133. The van der Waals surface area contributed by atoms with Crippen LogP contribution in [0.25, 0.3) is 0 Å². The number of amides is 1. The van der Waals surface area contributed by atoms with Crippen LogP contribution in [0.15, 0.2) is 36.4 Å². The minimum Gasteiger partial charge on any atom is -0.507 e. The van der Waals surface area contributed by atoms with Crippen molar-refractivity contribution in [2.24, 2.45) is 0 Å². The molecule has 2 rings (SSSR count). The fourth-order valence-corrected chi connectivity index (χ4v) is 3.86. The van der Waals surface area contributed by atoms with E-state index in [-0.39, 0.29) is 16.7 Å². The van der Waals surface area contributed by atoms with Gasteiger partial charge in [-0.15, -0.1) is 0 Å². The first-order valence-corrected chi connectivity index (χ1v) is 12.2. The Labute approximate surface area is 186 Å². The number of phenolic OH excluding ortho intramolecular Hbond substituents is 1. The zero-order valence-corrected chi connectivity index (χ0v) is 20.3. The van der Waals surface area contributed by atoms with Crippen LogP contribution >= 0.6 is 0 Å². The summed E-state index contributed by atoms with van der Waals surface area (Å²) in [7, 11) is -3.34. The number of carbonyl (C=O) groups excluding carboxylic acids is 1. The van der Waals surface area contributed by atoms with Gasteiger partial charge in [0.05, 0.1) is 6.26 Å². The largest absolute Gasteiger partial charge is 0.507 e. The van der Waals surface area contributed by atoms with E-state index >= 15 is 0 Å². The molecule has 0 fully saturated rings. The summed E-state index contributed by atoms with van der Waals surface area (Å²) < 4.78 is 24.9. The fourth-order valence-electron chi connectivity index (χ4n) is 3.30. The van der Waals surface area contributed by atoms with Gasteiger partial charge < -0.3 is 10.4 Å². The van der Waals surface area contributed by atoms with Crippen molar-refractivity contribution in [3.63, 3.8) is 0 Å². The van der Waals surface area contributed by atoms with E-state index in [9.17, 15) is 18.3 Å². The van der Waals surface area contributed by atoms with E-state index in [0.29, 0.717) is 30.0 Å². The molecule has 0 bridgehead atoms. The number of carbonyl (C=O) groups is 1. The molecule has 2 aromatic rings. The number of benzene rings is 2. The number of rotatable bonds is 6. The van der Waals surface area contributed by atoms with Gasteiger partial charge in [-0.05, 0) is 58.2 Å². The Kier molecular flexibility index (Phi) is 7.10. The van der Waals surface area contributed by atoms with Gasteiger partial charge in [-0.25, -0.2) is 8.42 Å². The first-order chi connectivity index (χ1) is 14.1. The number of phenols is 1. The number of aromatic hydroxyl groups is 1. The zero-order valence-electron chi connectivity index (χ0n) is 19.5. The number of hydrogen-bond donors (Lipinski definition) is 3. The quantitative estimate of drug-likeness (QED) is 0.586. The summed E-state index contributed by atoms with van der Waals surface area (Å²) in [5.74, 6) is 0.197. The number of nitrogens with one attached hydrogen (secondary N) is 2. The molecule has 0 atom stereocenters. The van der Waals surface area contributed by atoms with Crippen LogP contribution in [0.3, 0.4) is 0 Å². The van der Waals surface area contributed by atoms with Gasteiger partial charge in [0.25, 0.3) is 0 Å². The lowest BCUT2D eigenvalue weighted by Crippen LogP contribution is -2.18. The van der Waals surface area contributed by atoms with Crippen LogP contribution in [0.4, 0.5) is 11.4 Å². The topological polar surface area (TPSA) is 95.5 Å². The van der Waals surface area contributed by atoms with Crippen LogP contribution in [0, 0.1) is 0 Å². The molecule has 31 heavy (non-hydrogen) atoms. The van der Waals surface area contributed by atoms with Crippen LogP contribution < -0.4 is 10.0 Å². The Morgan fingerprint density at radius 1 is 0.903 bits per heavy atom. The third-order valence-electron chi connectivity index (χ3n) is 4.90. The molecule has 0 aliphatic rings. The number of aryl methyl sites for hydroxylation is 1.